The van der Waals surface area contributed by atoms with E-state index >= 15 is 0 Å². The molecule has 1 fully saturated rings. The third-order valence-electron chi connectivity index (χ3n) is 5.30. The topological polar surface area (TPSA) is 85.0 Å². The first kappa shape index (κ1) is 18.0. The number of anilines is 1. The minimum Gasteiger partial charge on any atom is -0.350 e. The van der Waals surface area contributed by atoms with E-state index < -0.39 is 17.9 Å². The van der Waals surface area contributed by atoms with E-state index in [4.69, 9.17) is 0 Å². The van der Waals surface area contributed by atoms with Crippen molar-refractivity contribution in [2.24, 2.45) is 0 Å². The second-order valence-electron chi connectivity index (χ2n) is 6.92. The molecule has 3 heterocycles. The van der Waals surface area contributed by atoms with Gasteiger partial charge in [-0.25, -0.2) is 0 Å². The fraction of sp³-hybridized carbons (Fsp3) is 0.300. The number of benzene rings is 1. The third-order valence-corrected chi connectivity index (χ3v) is 5.30. The Morgan fingerprint density at radius 1 is 0.964 bits per heavy atom. The average molecular weight is 381 g/mol. The lowest BCUT2D eigenvalue weighted by Gasteiger charge is -2.34. The van der Waals surface area contributed by atoms with Gasteiger partial charge in [0, 0.05) is 6.07 Å². The van der Waals surface area contributed by atoms with Crippen molar-refractivity contribution >= 4 is 23.5 Å². The van der Waals surface area contributed by atoms with Gasteiger partial charge in [-0.3, -0.25) is 24.2 Å². The van der Waals surface area contributed by atoms with E-state index in [1.54, 1.807) is 54.4 Å². The van der Waals surface area contributed by atoms with Gasteiger partial charge in [-0.05, 0) is 25.1 Å². The molecule has 0 aliphatic carbocycles. The smallest absolute Gasteiger partial charge is 0.316 e. The first-order valence-electron chi connectivity index (χ1n) is 9.19. The molecule has 3 amide bonds. The van der Waals surface area contributed by atoms with Crippen molar-refractivity contribution in [2.45, 2.75) is 13.0 Å². The molecule has 0 spiro atoms. The Labute approximate surface area is 162 Å². The maximum Gasteiger partial charge on any atom is 0.316 e. The van der Waals surface area contributed by atoms with E-state index in [0.29, 0.717) is 43.1 Å². The Bertz CT molecular complexity index is 918. The lowest BCUT2D eigenvalue weighted by Crippen LogP contribution is -2.56. The largest absolute Gasteiger partial charge is 0.350 e. The molecule has 2 aliphatic heterocycles. The molecular formula is C20H21N4O4+. The Balaban J connectivity index is 1.44. The highest BCUT2D eigenvalue weighted by Crippen LogP contribution is 2.25. The van der Waals surface area contributed by atoms with Gasteiger partial charge in [0.1, 0.15) is 25.3 Å². The number of carbonyl (C=O) groups is 3. The maximum atomic E-state index is 12.9. The van der Waals surface area contributed by atoms with Gasteiger partial charge in [0.25, 0.3) is 11.8 Å². The zero-order valence-corrected chi connectivity index (χ0v) is 15.5. The number of pyridine rings is 1. The molecule has 1 aromatic heterocycles. The Hall–Kier alpha value is -3.42. The van der Waals surface area contributed by atoms with Gasteiger partial charge < -0.3 is 10.1 Å². The number of nitrogens with zero attached hydrogens (tertiary/aromatic N) is 4. The highest BCUT2D eigenvalue weighted by molar-refractivity contribution is 6.22. The first-order chi connectivity index (χ1) is 13.5. The highest BCUT2D eigenvalue weighted by atomic mass is 16.5. The summed E-state index contributed by atoms with van der Waals surface area (Å²) in [7, 11) is 0. The van der Waals surface area contributed by atoms with Crippen molar-refractivity contribution in [3.63, 3.8) is 0 Å². The molecule has 1 saturated heterocycles. The molecule has 0 radical (unpaired) electrons. The van der Waals surface area contributed by atoms with Gasteiger partial charge >= 0.3 is 5.82 Å². The third kappa shape index (κ3) is 2.87. The van der Waals surface area contributed by atoms with Crippen molar-refractivity contribution in [2.75, 3.05) is 31.1 Å². The molecule has 28 heavy (non-hydrogen) atoms. The van der Waals surface area contributed by atoms with Gasteiger partial charge in [0.15, 0.2) is 0 Å². The van der Waals surface area contributed by atoms with E-state index in [1.807, 2.05) is 11.0 Å². The second kappa shape index (κ2) is 6.95. The normalized spacial score (nSPS) is 17.7. The minimum atomic E-state index is -0.863. The summed E-state index contributed by atoms with van der Waals surface area (Å²) in [4.78, 5) is 42.9. The molecule has 2 aliphatic rings. The number of hydrogen-bond acceptors (Lipinski definition) is 5. The van der Waals surface area contributed by atoms with E-state index in [1.165, 1.54) is 0 Å². The van der Waals surface area contributed by atoms with Crippen LogP contribution in [0.25, 0.3) is 0 Å². The van der Waals surface area contributed by atoms with E-state index in [2.05, 4.69) is 0 Å². The molecule has 4 rings (SSSR count). The van der Waals surface area contributed by atoms with Crippen LogP contribution in [0.2, 0.25) is 0 Å². The summed E-state index contributed by atoms with van der Waals surface area (Å²) in [6, 6.07) is 11.1. The summed E-state index contributed by atoms with van der Waals surface area (Å²) >= 11 is 0. The van der Waals surface area contributed by atoms with Gasteiger partial charge in [-0.2, -0.15) is 0 Å². The Morgan fingerprint density at radius 3 is 2.11 bits per heavy atom. The van der Waals surface area contributed by atoms with Crippen LogP contribution in [0.3, 0.4) is 0 Å². The van der Waals surface area contributed by atoms with Gasteiger partial charge in [0.05, 0.1) is 24.2 Å². The molecule has 0 saturated carbocycles. The van der Waals surface area contributed by atoms with Crippen molar-refractivity contribution < 1.29 is 24.3 Å². The number of piperazine rings is 1. The lowest BCUT2D eigenvalue weighted by atomic mass is 10.1. The second-order valence-corrected chi connectivity index (χ2v) is 6.92. The van der Waals surface area contributed by atoms with E-state index in [9.17, 15) is 19.6 Å². The lowest BCUT2D eigenvalue weighted by molar-refractivity contribution is -0.894. The van der Waals surface area contributed by atoms with Crippen molar-refractivity contribution in [3.8, 4) is 0 Å². The predicted octanol–water partition coefficient (Wildman–Crippen LogP) is 0.545. The van der Waals surface area contributed by atoms with Crippen molar-refractivity contribution in [1.82, 2.24) is 9.80 Å². The number of fused-ring (bicyclic) bond motifs is 1. The van der Waals surface area contributed by atoms with Crippen LogP contribution >= 0.6 is 0 Å². The Kier molecular flexibility index (Phi) is 4.46. The van der Waals surface area contributed by atoms with Crippen LogP contribution in [-0.4, -0.2) is 64.9 Å². The Morgan fingerprint density at radius 2 is 1.54 bits per heavy atom. The molecule has 144 valence electrons. The van der Waals surface area contributed by atoms with Crippen LogP contribution in [0.4, 0.5) is 5.82 Å². The molecule has 1 aromatic carbocycles. The number of rotatable bonds is 3. The van der Waals surface area contributed by atoms with Crippen LogP contribution in [0.5, 0.6) is 0 Å². The summed E-state index contributed by atoms with van der Waals surface area (Å²) in [5.41, 5.74) is 0.682. The standard InChI is InChI=1S/C20H21N4O4/c1-14(24-19(26)15-6-2-3-7-16(15)20(24)27)18(25)22-12-10-21(11-13-22)17-8-4-5-9-23(17)28/h2-9,14,28H,10-13H2,1H3/q+1. The molecule has 1 N–H and O–H groups in total. The van der Waals surface area contributed by atoms with Gasteiger partial charge in [-0.1, -0.05) is 22.9 Å². The van der Waals surface area contributed by atoms with Gasteiger partial charge in [0.2, 0.25) is 5.91 Å². The molecule has 8 nitrogen and oxygen atoms in total. The monoisotopic (exact) mass is 381 g/mol. The SMILES string of the molecule is CC(C(=O)N1CCN(c2cccc[n+]2O)CC1)N1C(=O)c2ccccc2C1=O. The zero-order chi connectivity index (χ0) is 19.8. The number of carbonyl (C=O) groups excluding carboxylic acids is 3. The number of amides is 3. The summed E-state index contributed by atoms with van der Waals surface area (Å²) in [5.74, 6) is -0.446. The van der Waals surface area contributed by atoms with Crippen LogP contribution in [0.15, 0.2) is 48.7 Å². The molecule has 2 aromatic rings. The van der Waals surface area contributed by atoms with Crippen LogP contribution in [0.1, 0.15) is 27.6 Å². The highest BCUT2D eigenvalue weighted by Gasteiger charge is 2.42. The minimum absolute atomic E-state index is 0.251. The predicted molar refractivity (Wildman–Crippen MR) is 99.0 cm³/mol. The van der Waals surface area contributed by atoms with Crippen molar-refractivity contribution in [3.05, 3.63) is 59.8 Å². The van der Waals surface area contributed by atoms with Crippen LogP contribution in [-0.2, 0) is 4.79 Å². The average Bonchev–Trinajstić information content (AvgIpc) is 2.98. The molecule has 1 unspecified atom stereocenters. The summed E-state index contributed by atoms with van der Waals surface area (Å²) < 4.78 is 1.05. The van der Waals surface area contributed by atoms with Gasteiger partial charge in [-0.15, -0.1) is 0 Å². The number of hydrogen-bond donors (Lipinski definition) is 1. The first-order valence-corrected chi connectivity index (χ1v) is 9.19. The molecular weight excluding hydrogens is 360 g/mol. The molecule has 8 heteroatoms. The summed E-state index contributed by atoms with van der Waals surface area (Å²) in [5, 5.41) is 9.93. The molecule has 0 bridgehead atoms. The van der Waals surface area contributed by atoms with Crippen LogP contribution < -0.4 is 9.63 Å². The quantitative estimate of drug-likeness (QED) is 0.477. The number of imide groups is 1. The maximum absolute atomic E-state index is 12.9. The number of aromatic nitrogens is 1. The van der Waals surface area contributed by atoms with Crippen molar-refractivity contribution in [1.29, 1.82) is 0 Å². The summed E-state index contributed by atoms with van der Waals surface area (Å²) in [6.45, 7) is 3.58. The summed E-state index contributed by atoms with van der Waals surface area (Å²) in [6.07, 6.45) is 1.55. The molecule has 1 atom stereocenters. The fourth-order valence-corrected chi connectivity index (χ4v) is 3.77. The van der Waals surface area contributed by atoms with Crippen LogP contribution in [0, 0.1) is 0 Å². The van der Waals surface area contributed by atoms with E-state index in [-0.39, 0.29) is 5.91 Å². The van der Waals surface area contributed by atoms with E-state index in [0.717, 1.165) is 9.63 Å². The fourth-order valence-electron chi connectivity index (χ4n) is 3.77. The zero-order valence-electron chi connectivity index (χ0n) is 15.5.